The van der Waals surface area contributed by atoms with E-state index in [1.54, 1.807) is 54.7 Å². The van der Waals surface area contributed by atoms with Gasteiger partial charge in [-0.1, -0.05) is 24.3 Å². The second kappa shape index (κ2) is 9.77. The van der Waals surface area contributed by atoms with E-state index in [4.69, 9.17) is 4.74 Å². The molecule has 0 saturated heterocycles. The van der Waals surface area contributed by atoms with Gasteiger partial charge in [0, 0.05) is 17.0 Å². The lowest BCUT2D eigenvalue weighted by molar-refractivity contribution is -0.116. The molecular formula is C22H24N2O4S2. The molecule has 0 atom stereocenters. The number of carbonyl (C=O) groups is 1. The van der Waals surface area contributed by atoms with Crippen LogP contribution in [0.1, 0.15) is 23.3 Å². The molecule has 0 radical (unpaired) electrons. The number of anilines is 2. The van der Waals surface area contributed by atoms with Gasteiger partial charge in [-0.25, -0.2) is 8.42 Å². The van der Waals surface area contributed by atoms with Gasteiger partial charge in [-0.2, -0.15) is 0 Å². The van der Waals surface area contributed by atoms with Gasteiger partial charge in [-0.05, 0) is 61.0 Å². The molecule has 0 fully saturated rings. The summed E-state index contributed by atoms with van der Waals surface area (Å²) in [6, 6.07) is 15.7. The number of para-hydroxylation sites is 2. The zero-order valence-corrected chi connectivity index (χ0v) is 18.5. The second-order valence-electron chi connectivity index (χ2n) is 6.77. The molecule has 1 heterocycles. The van der Waals surface area contributed by atoms with Crippen LogP contribution in [0.3, 0.4) is 0 Å². The van der Waals surface area contributed by atoms with Crippen molar-refractivity contribution in [3.8, 4) is 5.75 Å². The summed E-state index contributed by atoms with van der Waals surface area (Å²) in [6.45, 7) is 1.71. The van der Waals surface area contributed by atoms with Crippen LogP contribution < -0.4 is 14.8 Å². The Hall–Kier alpha value is -2.84. The van der Waals surface area contributed by atoms with Crippen molar-refractivity contribution >= 4 is 38.6 Å². The van der Waals surface area contributed by atoms with E-state index in [2.05, 4.69) is 16.1 Å². The molecule has 3 rings (SSSR count). The van der Waals surface area contributed by atoms with Crippen LogP contribution in [0.25, 0.3) is 0 Å². The zero-order chi connectivity index (χ0) is 21.6. The van der Waals surface area contributed by atoms with Gasteiger partial charge in [-0.3, -0.25) is 9.52 Å². The molecular weight excluding hydrogens is 420 g/mol. The topological polar surface area (TPSA) is 84.5 Å². The molecule has 3 aromatic rings. The number of ether oxygens (including phenoxy) is 1. The normalized spacial score (nSPS) is 11.1. The molecule has 1 amide bonds. The van der Waals surface area contributed by atoms with Crippen LogP contribution in [0.2, 0.25) is 0 Å². The van der Waals surface area contributed by atoms with Crippen LogP contribution >= 0.6 is 11.3 Å². The van der Waals surface area contributed by atoms with Crippen LogP contribution in [0.4, 0.5) is 11.4 Å². The van der Waals surface area contributed by atoms with Crippen molar-refractivity contribution in [2.45, 2.75) is 31.1 Å². The minimum atomic E-state index is -3.86. The lowest BCUT2D eigenvalue weighted by atomic mass is 10.2. The van der Waals surface area contributed by atoms with Gasteiger partial charge in [-0.15, -0.1) is 11.3 Å². The third-order valence-electron chi connectivity index (χ3n) is 4.52. The van der Waals surface area contributed by atoms with Gasteiger partial charge >= 0.3 is 0 Å². The first-order chi connectivity index (χ1) is 14.4. The van der Waals surface area contributed by atoms with Crippen LogP contribution in [-0.4, -0.2) is 21.4 Å². The number of hydrogen-bond donors (Lipinski definition) is 2. The number of rotatable bonds is 9. The number of methoxy groups -OCH3 is 1. The average Bonchev–Trinajstić information content (AvgIpc) is 3.23. The Morgan fingerprint density at radius 3 is 2.63 bits per heavy atom. The average molecular weight is 445 g/mol. The third-order valence-corrected chi connectivity index (χ3v) is 6.96. The van der Waals surface area contributed by atoms with Crippen molar-refractivity contribution in [1.29, 1.82) is 0 Å². The fraction of sp³-hybridized carbons (Fsp3) is 0.227. The van der Waals surface area contributed by atoms with Gasteiger partial charge in [0.25, 0.3) is 10.0 Å². The minimum Gasteiger partial charge on any atom is -0.495 e. The Kier molecular flexibility index (Phi) is 7.12. The third kappa shape index (κ3) is 5.61. The monoisotopic (exact) mass is 444 g/mol. The molecule has 0 aliphatic heterocycles. The first-order valence-corrected chi connectivity index (χ1v) is 11.8. The van der Waals surface area contributed by atoms with E-state index in [0.29, 0.717) is 29.1 Å². The number of aryl methyl sites for hydroxylation is 2. The summed E-state index contributed by atoms with van der Waals surface area (Å²) in [4.78, 5) is 13.6. The van der Waals surface area contributed by atoms with E-state index in [0.717, 1.165) is 12.8 Å². The number of sulfonamides is 1. The highest BCUT2D eigenvalue weighted by molar-refractivity contribution is 7.92. The number of nitrogens with one attached hydrogen (secondary N) is 2. The van der Waals surface area contributed by atoms with Crippen LogP contribution in [0.15, 0.2) is 64.9 Å². The van der Waals surface area contributed by atoms with E-state index in [1.807, 2.05) is 11.4 Å². The molecule has 0 bridgehead atoms. The van der Waals surface area contributed by atoms with Gasteiger partial charge in [0.1, 0.15) is 5.75 Å². The Morgan fingerprint density at radius 1 is 1.10 bits per heavy atom. The van der Waals surface area contributed by atoms with Crippen molar-refractivity contribution in [2.75, 3.05) is 17.1 Å². The number of hydrogen-bond acceptors (Lipinski definition) is 5. The Labute approximate surface area is 181 Å². The lowest BCUT2D eigenvalue weighted by Gasteiger charge is -2.14. The Bertz CT molecular complexity index is 1110. The van der Waals surface area contributed by atoms with E-state index in [-0.39, 0.29) is 10.8 Å². The quantitative estimate of drug-likeness (QED) is 0.495. The van der Waals surface area contributed by atoms with E-state index in [9.17, 15) is 13.2 Å². The fourth-order valence-corrected chi connectivity index (χ4v) is 5.09. The molecule has 1 aromatic heterocycles. The summed E-state index contributed by atoms with van der Waals surface area (Å²) in [5.74, 6) is 0.283. The summed E-state index contributed by atoms with van der Waals surface area (Å²) in [5.41, 5.74) is 1.37. The van der Waals surface area contributed by atoms with Gasteiger partial charge < -0.3 is 10.1 Å². The lowest BCUT2D eigenvalue weighted by Crippen LogP contribution is -2.16. The first-order valence-electron chi connectivity index (χ1n) is 9.48. The number of benzene rings is 2. The predicted octanol–water partition coefficient (Wildman–Crippen LogP) is 4.83. The highest BCUT2D eigenvalue weighted by Gasteiger charge is 2.19. The summed E-state index contributed by atoms with van der Waals surface area (Å²) in [5, 5.41) is 4.81. The number of thiophene rings is 1. The molecule has 0 aliphatic rings. The molecule has 0 spiro atoms. The molecule has 158 valence electrons. The maximum atomic E-state index is 13.0. The van der Waals surface area contributed by atoms with Crippen LogP contribution in [0.5, 0.6) is 5.75 Å². The van der Waals surface area contributed by atoms with Crippen molar-refractivity contribution in [3.05, 3.63) is 70.4 Å². The molecule has 0 saturated carbocycles. The molecule has 2 aromatic carbocycles. The molecule has 2 N–H and O–H groups in total. The van der Waals surface area contributed by atoms with Crippen molar-refractivity contribution in [3.63, 3.8) is 0 Å². The SMILES string of the molecule is COc1ccccc1NS(=O)(=O)c1cc(NC(=O)CCCc2cccs2)ccc1C. The van der Waals surface area contributed by atoms with Gasteiger partial charge in [0.15, 0.2) is 0 Å². The van der Waals surface area contributed by atoms with Crippen LogP contribution in [0, 0.1) is 6.92 Å². The maximum absolute atomic E-state index is 13.0. The van der Waals surface area contributed by atoms with Crippen LogP contribution in [-0.2, 0) is 21.2 Å². The van der Waals surface area contributed by atoms with Gasteiger partial charge in [0.2, 0.25) is 5.91 Å². The highest BCUT2D eigenvalue weighted by Crippen LogP contribution is 2.28. The zero-order valence-electron chi connectivity index (χ0n) is 16.8. The standard InChI is InChI=1S/C22H24N2O4S2/c1-16-12-13-17(23-22(25)11-5-7-18-8-6-14-29-18)15-21(16)30(26,27)24-19-9-3-4-10-20(19)28-2/h3-4,6,8-10,12-15,24H,5,7,11H2,1-2H3,(H,23,25). The second-order valence-corrected chi connectivity index (χ2v) is 9.45. The molecule has 30 heavy (non-hydrogen) atoms. The molecule has 6 nitrogen and oxygen atoms in total. The van der Waals surface area contributed by atoms with Crippen molar-refractivity contribution in [2.24, 2.45) is 0 Å². The van der Waals surface area contributed by atoms with E-state index >= 15 is 0 Å². The molecule has 0 aliphatic carbocycles. The summed E-state index contributed by atoms with van der Waals surface area (Å²) >= 11 is 1.67. The number of carbonyl (C=O) groups excluding carboxylic acids is 1. The predicted molar refractivity (Wildman–Crippen MR) is 121 cm³/mol. The smallest absolute Gasteiger partial charge is 0.262 e. The Balaban J connectivity index is 1.70. The summed E-state index contributed by atoms with van der Waals surface area (Å²) < 4.78 is 33.7. The summed E-state index contributed by atoms with van der Waals surface area (Å²) in [7, 11) is -2.38. The van der Waals surface area contributed by atoms with Crippen molar-refractivity contribution < 1.29 is 17.9 Å². The Morgan fingerprint density at radius 2 is 1.90 bits per heavy atom. The molecule has 0 unspecified atom stereocenters. The minimum absolute atomic E-state index is 0.102. The fourth-order valence-electron chi connectivity index (χ4n) is 3.00. The number of amides is 1. The van der Waals surface area contributed by atoms with E-state index in [1.165, 1.54) is 18.1 Å². The largest absolute Gasteiger partial charge is 0.495 e. The summed E-state index contributed by atoms with van der Waals surface area (Å²) in [6.07, 6.45) is 1.95. The van der Waals surface area contributed by atoms with Crippen molar-refractivity contribution in [1.82, 2.24) is 0 Å². The highest BCUT2D eigenvalue weighted by atomic mass is 32.2. The van der Waals surface area contributed by atoms with E-state index < -0.39 is 10.0 Å². The first kappa shape index (κ1) is 21.9. The maximum Gasteiger partial charge on any atom is 0.262 e. The molecule has 8 heteroatoms. The van der Waals surface area contributed by atoms with Gasteiger partial charge in [0.05, 0.1) is 17.7 Å².